The van der Waals surface area contributed by atoms with Gasteiger partial charge in [0.2, 0.25) is 5.91 Å². The van der Waals surface area contributed by atoms with E-state index < -0.39 is 5.41 Å². The summed E-state index contributed by atoms with van der Waals surface area (Å²) < 4.78 is 0. The van der Waals surface area contributed by atoms with Gasteiger partial charge in [-0.25, -0.2) is 0 Å². The highest BCUT2D eigenvalue weighted by Crippen LogP contribution is 2.46. The van der Waals surface area contributed by atoms with Crippen molar-refractivity contribution >= 4 is 23.1 Å². The van der Waals surface area contributed by atoms with Crippen LogP contribution in [0, 0.1) is 17.3 Å². The van der Waals surface area contributed by atoms with Gasteiger partial charge in [-0.1, -0.05) is 32.0 Å². The molecule has 0 spiro atoms. The molecule has 2 rings (SSSR count). The van der Waals surface area contributed by atoms with E-state index in [-0.39, 0.29) is 5.91 Å². The van der Waals surface area contributed by atoms with Crippen LogP contribution in [0.25, 0.3) is 0 Å². The molecule has 96 valence electrons. The SMILES string of the molecule is CC1CCC(CNC(=O)C2(C(N)=S)CC2)CC1. The molecule has 0 radical (unpaired) electrons. The van der Waals surface area contributed by atoms with E-state index in [1.807, 2.05) is 0 Å². The molecule has 2 fully saturated rings. The Morgan fingerprint density at radius 2 is 1.94 bits per heavy atom. The normalized spacial score (nSPS) is 30.6. The summed E-state index contributed by atoms with van der Waals surface area (Å²) in [7, 11) is 0. The summed E-state index contributed by atoms with van der Waals surface area (Å²) in [5.74, 6) is 1.56. The first-order valence-electron chi connectivity index (χ1n) is 6.63. The number of amides is 1. The summed E-state index contributed by atoms with van der Waals surface area (Å²) in [5, 5.41) is 3.04. The van der Waals surface area contributed by atoms with Crippen molar-refractivity contribution in [2.75, 3.05) is 6.54 Å². The second-order valence-corrected chi connectivity index (χ2v) is 6.22. The van der Waals surface area contributed by atoms with Crippen molar-refractivity contribution in [1.29, 1.82) is 0 Å². The van der Waals surface area contributed by atoms with Crippen molar-refractivity contribution in [1.82, 2.24) is 5.32 Å². The maximum atomic E-state index is 12.0. The lowest BCUT2D eigenvalue weighted by atomic mass is 9.83. The average molecular weight is 254 g/mol. The summed E-state index contributed by atoms with van der Waals surface area (Å²) in [6.45, 7) is 3.11. The molecule has 4 heteroatoms. The number of rotatable bonds is 4. The van der Waals surface area contributed by atoms with Gasteiger partial charge in [-0.2, -0.15) is 0 Å². The van der Waals surface area contributed by atoms with Gasteiger partial charge in [0, 0.05) is 6.54 Å². The minimum absolute atomic E-state index is 0.0589. The van der Waals surface area contributed by atoms with E-state index in [9.17, 15) is 4.79 Å². The largest absolute Gasteiger partial charge is 0.392 e. The number of nitrogens with one attached hydrogen (secondary N) is 1. The van der Waals surface area contributed by atoms with Gasteiger partial charge in [0.15, 0.2) is 0 Å². The lowest BCUT2D eigenvalue weighted by Crippen LogP contribution is -2.41. The van der Waals surface area contributed by atoms with Crippen LogP contribution in [0.1, 0.15) is 45.4 Å². The Morgan fingerprint density at radius 1 is 1.35 bits per heavy atom. The highest BCUT2D eigenvalue weighted by molar-refractivity contribution is 7.80. The predicted octanol–water partition coefficient (Wildman–Crippen LogP) is 2.00. The Bertz CT molecular complexity index is 317. The Labute approximate surface area is 109 Å². The number of carbonyl (C=O) groups is 1. The first kappa shape index (κ1) is 12.8. The molecular weight excluding hydrogens is 232 g/mol. The molecule has 0 aromatic heterocycles. The van der Waals surface area contributed by atoms with Crippen LogP contribution in [-0.2, 0) is 4.79 Å². The van der Waals surface area contributed by atoms with E-state index in [0.717, 1.165) is 25.3 Å². The third kappa shape index (κ3) is 2.79. The van der Waals surface area contributed by atoms with Crippen LogP contribution < -0.4 is 11.1 Å². The maximum Gasteiger partial charge on any atom is 0.233 e. The Balaban J connectivity index is 1.75. The molecule has 2 aliphatic rings. The first-order valence-corrected chi connectivity index (χ1v) is 7.03. The van der Waals surface area contributed by atoms with Crippen molar-refractivity contribution in [3.05, 3.63) is 0 Å². The van der Waals surface area contributed by atoms with E-state index in [1.165, 1.54) is 25.7 Å². The monoisotopic (exact) mass is 254 g/mol. The molecule has 0 atom stereocenters. The number of thiocarbonyl (C=S) groups is 1. The van der Waals surface area contributed by atoms with Crippen LogP contribution in [0.4, 0.5) is 0 Å². The van der Waals surface area contributed by atoms with Crippen LogP contribution >= 0.6 is 12.2 Å². The van der Waals surface area contributed by atoms with Crippen molar-refractivity contribution in [3.8, 4) is 0 Å². The molecule has 0 saturated heterocycles. The van der Waals surface area contributed by atoms with Gasteiger partial charge in [-0.05, 0) is 37.5 Å². The van der Waals surface area contributed by atoms with Crippen LogP contribution in [0.3, 0.4) is 0 Å². The van der Waals surface area contributed by atoms with Crippen molar-refractivity contribution in [2.24, 2.45) is 23.0 Å². The fourth-order valence-corrected chi connectivity index (χ4v) is 2.95. The summed E-state index contributed by atoms with van der Waals surface area (Å²) in [6, 6.07) is 0. The van der Waals surface area contributed by atoms with Crippen LogP contribution in [0.5, 0.6) is 0 Å². The molecule has 0 aromatic rings. The van der Waals surface area contributed by atoms with Gasteiger partial charge in [0.05, 0.1) is 10.4 Å². The quantitative estimate of drug-likeness (QED) is 0.754. The molecule has 17 heavy (non-hydrogen) atoms. The third-order valence-corrected chi connectivity index (χ3v) is 4.73. The number of carbonyl (C=O) groups excluding carboxylic acids is 1. The fraction of sp³-hybridized carbons (Fsp3) is 0.846. The minimum atomic E-state index is -0.489. The van der Waals surface area contributed by atoms with Crippen molar-refractivity contribution < 1.29 is 4.79 Å². The van der Waals surface area contributed by atoms with Crippen LogP contribution in [0.2, 0.25) is 0 Å². The van der Waals surface area contributed by atoms with Gasteiger partial charge >= 0.3 is 0 Å². The molecule has 0 heterocycles. The smallest absolute Gasteiger partial charge is 0.233 e. The maximum absolute atomic E-state index is 12.0. The second kappa shape index (κ2) is 4.92. The van der Waals surface area contributed by atoms with E-state index >= 15 is 0 Å². The lowest BCUT2D eigenvalue weighted by molar-refractivity contribution is -0.124. The molecule has 2 aliphatic carbocycles. The number of hydrogen-bond acceptors (Lipinski definition) is 2. The predicted molar refractivity (Wildman–Crippen MR) is 72.6 cm³/mol. The van der Waals surface area contributed by atoms with E-state index in [1.54, 1.807) is 0 Å². The summed E-state index contributed by atoms with van der Waals surface area (Å²) in [4.78, 5) is 12.4. The molecule has 0 aliphatic heterocycles. The zero-order chi connectivity index (χ0) is 12.5. The van der Waals surface area contributed by atoms with Crippen molar-refractivity contribution in [2.45, 2.75) is 45.4 Å². The Kier molecular flexibility index (Phi) is 3.71. The first-order chi connectivity index (χ1) is 8.04. The average Bonchev–Trinajstić information content (AvgIpc) is 3.09. The number of nitrogens with two attached hydrogens (primary N) is 1. The zero-order valence-corrected chi connectivity index (χ0v) is 11.3. The van der Waals surface area contributed by atoms with Gasteiger partial charge < -0.3 is 11.1 Å². The molecule has 0 bridgehead atoms. The third-order valence-electron chi connectivity index (χ3n) is 4.34. The summed E-state index contributed by atoms with van der Waals surface area (Å²) in [6.07, 6.45) is 6.72. The van der Waals surface area contributed by atoms with E-state index in [2.05, 4.69) is 12.2 Å². The van der Waals surface area contributed by atoms with Gasteiger partial charge in [0.1, 0.15) is 0 Å². The molecule has 2 saturated carbocycles. The summed E-state index contributed by atoms with van der Waals surface area (Å²) in [5.41, 5.74) is 5.14. The summed E-state index contributed by atoms with van der Waals surface area (Å²) >= 11 is 4.97. The standard InChI is InChI=1S/C13H22N2OS/c1-9-2-4-10(5-3-9)8-15-12(16)13(6-7-13)11(14)17/h9-10H,2-8H2,1H3,(H2,14,17)(H,15,16). The van der Waals surface area contributed by atoms with Gasteiger partial charge in [-0.15, -0.1) is 0 Å². The van der Waals surface area contributed by atoms with Gasteiger partial charge in [-0.3, -0.25) is 4.79 Å². The molecule has 1 amide bonds. The van der Waals surface area contributed by atoms with E-state index in [0.29, 0.717) is 10.9 Å². The van der Waals surface area contributed by atoms with Crippen LogP contribution in [-0.4, -0.2) is 17.4 Å². The second-order valence-electron chi connectivity index (χ2n) is 5.78. The highest BCUT2D eigenvalue weighted by Gasteiger charge is 2.52. The molecule has 3 nitrogen and oxygen atoms in total. The lowest BCUT2D eigenvalue weighted by Gasteiger charge is -2.26. The molecular formula is C13H22N2OS. The minimum Gasteiger partial charge on any atom is -0.392 e. The van der Waals surface area contributed by atoms with E-state index in [4.69, 9.17) is 18.0 Å². The Morgan fingerprint density at radius 3 is 2.41 bits per heavy atom. The fourth-order valence-electron chi connectivity index (χ4n) is 2.65. The Hall–Kier alpha value is -0.640. The topological polar surface area (TPSA) is 55.1 Å². The molecule has 3 N–H and O–H groups in total. The number of hydrogen-bond donors (Lipinski definition) is 2. The van der Waals surface area contributed by atoms with Crippen LogP contribution in [0.15, 0.2) is 0 Å². The molecule has 0 aromatic carbocycles. The van der Waals surface area contributed by atoms with Gasteiger partial charge in [0.25, 0.3) is 0 Å². The van der Waals surface area contributed by atoms with Crippen molar-refractivity contribution in [3.63, 3.8) is 0 Å². The highest BCUT2D eigenvalue weighted by atomic mass is 32.1. The zero-order valence-electron chi connectivity index (χ0n) is 10.5. The molecule has 0 unspecified atom stereocenters.